The molecule has 0 aliphatic carbocycles. The summed E-state index contributed by atoms with van der Waals surface area (Å²) in [6.45, 7) is 0.456. The number of halogens is 1. The maximum absolute atomic E-state index is 10.9. The highest BCUT2D eigenvalue weighted by Crippen LogP contribution is 2.23. The van der Waals surface area contributed by atoms with Gasteiger partial charge >= 0.3 is 5.97 Å². The highest BCUT2D eigenvalue weighted by molar-refractivity contribution is 6.35. The van der Waals surface area contributed by atoms with Crippen molar-refractivity contribution >= 4 is 23.4 Å². The molecule has 0 spiro atoms. The van der Waals surface area contributed by atoms with E-state index in [0.717, 1.165) is 0 Å². The first-order valence-electron chi connectivity index (χ1n) is 5.05. The van der Waals surface area contributed by atoms with Gasteiger partial charge in [0.1, 0.15) is 5.82 Å². The number of aromatic nitrogens is 3. The number of nitrogens with one attached hydrogen (secondary N) is 1. The standard InChI is InChI=1S/C10H9ClN4O3/c11-8-6(10(16)17)1-3-12-9(8)13-4-2-7-14-5-15-18-7/h1,3,5H,2,4H2,(H,12,13)(H,16,17). The van der Waals surface area contributed by atoms with E-state index in [1.807, 2.05) is 0 Å². The second-order valence-electron chi connectivity index (χ2n) is 3.34. The van der Waals surface area contributed by atoms with Crippen LogP contribution < -0.4 is 5.32 Å². The maximum atomic E-state index is 10.9. The Morgan fingerprint density at radius 1 is 1.50 bits per heavy atom. The molecule has 0 radical (unpaired) electrons. The van der Waals surface area contributed by atoms with Crippen molar-refractivity contribution in [2.45, 2.75) is 6.42 Å². The molecule has 94 valence electrons. The Morgan fingerprint density at radius 2 is 2.33 bits per heavy atom. The summed E-state index contributed by atoms with van der Waals surface area (Å²) in [7, 11) is 0. The van der Waals surface area contributed by atoms with Crippen molar-refractivity contribution in [1.82, 2.24) is 15.1 Å². The Bertz CT molecular complexity index is 544. The van der Waals surface area contributed by atoms with Crippen LogP contribution in [0.25, 0.3) is 0 Å². The summed E-state index contributed by atoms with van der Waals surface area (Å²) < 4.78 is 4.82. The van der Waals surface area contributed by atoms with E-state index in [1.54, 1.807) is 0 Å². The van der Waals surface area contributed by atoms with Crippen LogP contribution in [0.1, 0.15) is 16.2 Å². The fraction of sp³-hybridized carbons (Fsp3) is 0.200. The van der Waals surface area contributed by atoms with Crippen LogP contribution in [0.5, 0.6) is 0 Å². The van der Waals surface area contributed by atoms with Crippen LogP contribution >= 0.6 is 11.6 Å². The molecular formula is C10H9ClN4O3. The number of hydrogen-bond donors (Lipinski definition) is 2. The van der Waals surface area contributed by atoms with E-state index in [0.29, 0.717) is 24.7 Å². The molecule has 7 nitrogen and oxygen atoms in total. The van der Waals surface area contributed by atoms with Gasteiger partial charge in [-0.15, -0.1) is 0 Å². The summed E-state index contributed by atoms with van der Waals surface area (Å²) in [5.74, 6) is -0.300. The van der Waals surface area contributed by atoms with Crippen molar-refractivity contribution in [1.29, 1.82) is 0 Å². The third-order valence-corrected chi connectivity index (χ3v) is 2.54. The zero-order valence-corrected chi connectivity index (χ0v) is 9.89. The molecule has 8 heteroatoms. The lowest BCUT2D eigenvalue weighted by Crippen LogP contribution is -2.09. The molecule has 0 aliphatic heterocycles. The lowest BCUT2D eigenvalue weighted by molar-refractivity contribution is 0.0697. The fourth-order valence-corrected chi connectivity index (χ4v) is 1.59. The van der Waals surface area contributed by atoms with Crippen molar-refractivity contribution in [2.75, 3.05) is 11.9 Å². The largest absolute Gasteiger partial charge is 0.478 e. The van der Waals surface area contributed by atoms with E-state index in [9.17, 15) is 4.79 Å². The van der Waals surface area contributed by atoms with Crippen LogP contribution in [0.15, 0.2) is 23.1 Å². The minimum absolute atomic E-state index is 0.00644. The van der Waals surface area contributed by atoms with Gasteiger partial charge in [0.2, 0.25) is 5.89 Å². The van der Waals surface area contributed by atoms with Crippen LogP contribution in [0.2, 0.25) is 5.02 Å². The van der Waals surface area contributed by atoms with E-state index in [1.165, 1.54) is 18.6 Å². The third kappa shape index (κ3) is 2.75. The zero-order valence-electron chi connectivity index (χ0n) is 9.13. The summed E-state index contributed by atoms with van der Waals surface area (Å²) in [5, 5.41) is 15.4. The highest BCUT2D eigenvalue weighted by Gasteiger charge is 2.12. The van der Waals surface area contributed by atoms with E-state index in [-0.39, 0.29) is 10.6 Å². The predicted molar refractivity (Wildman–Crippen MR) is 62.7 cm³/mol. The summed E-state index contributed by atoms with van der Waals surface area (Å²) in [4.78, 5) is 18.7. The van der Waals surface area contributed by atoms with Gasteiger partial charge in [0, 0.05) is 19.2 Å². The van der Waals surface area contributed by atoms with Crippen LogP contribution in [0, 0.1) is 0 Å². The van der Waals surface area contributed by atoms with Crippen molar-refractivity contribution in [2.24, 2.45) is 0 Å². The Hall–Kier alpha value is -2.15. The first kappa shape index (κ1) is 12.3. The van der Waals surface area contributed by atoms with Gasteiger partial charge in [0.25, 0.3) is 0 Å². The highest BCUT2D eigenvalue weighted by atomic mass is 35.5. The van der Waals surface area contributed by atoms with Crippen LogP contribution in [-0.4, -0.2) is 32.7 Å². The average Bonchev–Trinajstić information content (AvgIpc) is 2.84. The van der Waals surface area contributed by atoms with Crippen LogP contribution in [0.4, 0.5) is 5.82 Å². The zero-order chi connectivity index (χ0) is 13.0. The molecule has 2 rings (SSSR count). The van der Waals surface area contributed by atoms with E-state index in [2.05, 4.69) is 20.4 Å². The second-order valence-corrected chi connectivity index (χ2v) is 3.72. The van der Waals surface area contributed by atoms with E-state index in [4.69, 9.17) is 21.2 Å². The van der Waals surface area contributed by atoms with E-state index < -0.39 is 5.97 Å². The lowest BCUT2D eigenvalue weighted by atomic mass is 10.2. The van der Waals surface area contributed by atoms with Gasteiger partial charge in [-0.2, -0.15) is 4.98 Å². The number of carboxylic acids is 1. The van der Waals surface area contributed by atoms with Gasteiger partial charge in [-0.25, -0.2) is 9.78 Å². The Morgan fingerprint density at radius 3 is 3.00 bits per heavy atom. The number of anilines is 1. The topological polar surface area (TPSA) is 101 Å². The summed E-state index contributed by atoms with van der Waals surface area (Å²) in [6.07, 6.45) is 3.19. The number of hydrogen-bond acceptors (Lipinski definition) is 6. The molecule has 0 amide bonds. The van der Waals surface area contributed by atoms with Crippen LogP contribution in [0.3, 0.4) is 0 Å². The molecule has 0 aliphatic rings. The molecule has 0 fully saturated rings. The number of nitrogens with zero attached hydrogens (tertiary/aromatic N) is 3. The third-order valence-electron chi connectivity index (χ3n) is 2.16. The Balaban J connectivity index is 2.01. The summed E-state index contributed by atoms with van der Waals surface area (Å²) >= 11 is 5.91. The predicted octanol–water partition coefficient (Wildman–Crippen LogP) is 1.47. The van der Waals surface area contributed by atoms with Gasteiger partial charge in [0.15, 0.2) is 6.33 Å². The van der Waals surface area contributed by atoms with Gasteiger partial charge in [0.05, 0.1) is 10.6 Å². The van der Waals surface area contributed by atoms with Crippen molar-refractivity contribution < 1.29 is 14.4 Å². The molecule has 2 aromatic rings. The minimum Gasteiger partial charge on any atom is -0.478 e. The first-order valence-corrected chi connectivity index (χ1v) is 5.43. The Labute approximate surface area is 107 Å². The van der Waals surface area contributed by atoms with Crippen molar-refractivity contribution in [3.63, 3.8) is 0 Å². The fourth-order valence-electron chi connectivity index (χ4n) is 1.33. The number of carbonyl (C=O) groups is 1. The first-order chi connectivity index (χ1) is 8.68. The van der Waals surface area contributed by atoms with E-state index >= 15 is 0 Å². The molecule has 0 atom stereocenters. The molecule has 0 saturated heterocycles. The normalized spacial score (nSPS) is 10.3. The molecule has 2 heterocycles. The molecule has 2 N–H and O–H groups in total. The minimum atomic E-state index is -1.10. The maximum Gasteiger partial charge on any atom is 0.337 e. The molecule has 0 unspecified atom stereocenters. The van der Waals surface area contributed by atoms with Crippen molar-refractivity contribution in [3.8, 4) is 0 Å². The number of carboxylic acid groups (broad SMARTS) is 1. The summed E-state index contributed by atoms with van der Waals surface area (Å²) in [6, 6.07) is 1.34. The SMILES string of the molecule is O=C(O)c1ccnc(NCCc2ncno2)c1Cl. The van der Waals surface area contributed by atoms with Gasteiger partial charge < -0.3 is 14.9 Å². The quantitative estimate of drug-likeness (QED) is 0.846. The average molecular weight is 269 g/mol. The molecule has 2 aromatic heterocycles. The number of aromatic carboxylic acids is 1. The van der Waals surface area contributed by atoms with Crippen LogP contribution in [-0.2, 0) is 6.42 Å². The molecule has 0 saturated carbocycles. The van der Waals surface area contributed by atoms with Gasteiger partial charge in [-0.05, 0) is 6.07 Å². The lowest BCUT2D eigenvalue weighted by Gasteiger charge is -2.07. The Kier molecular flexibility index (Phi) is 3.73. The number of rotatable bonds is 5. The summed E-state index contributed by atoms with van der Waals surface area (Å²) in [5.41, 5.74) is 0.00644. The molecule has 18 heavy (non-hydrogen) atoms. The monoisotopic (exact) mass is 268 g/mol. The second kappa shape index (κ2) is 5.46. The molecular weight excluding hydrogens is 260 g/mol. The van der Waals surface area contributed by atoms with Gasteiger partial charge in [-0.3, -0.25) is 0 Å². The number of pyridine rings is 1. The molecule has 0 bridgehead atoms. The molecule has 0 aromatic carbocycles. The smallest absolute Gasteiger partial charge is 0.337 e. The van der Waals surface area contributed by atoms with Crippen molar-refractivity contribution in [3.05, 3.63) is 35.1 Å². The van der Waals surface area contributed by atoms with Gasteiger partial charge in [-0.1, -0.05) is 16.8 Å².